The second-order valence-electron chi connectivity index (χ2n) is 4.03. The van der Waals surface area contributed by atoms with Crippen LogP contribution in [0.5, 0.6) is 0 Å². The first-order valence-corrected chi connectivity index (χ1v) is 7.35. The summed E-state index contributed by atoms with van der Waals surface area (Å²) < 4.78 is 6.16. The third-order valence-corrected chi connectivity index (χ3v) is 3.75. The molecular formula is C13H11BrN2O2S. The summed E-state index contributed by atoms with van der Waals surface area (Å²) in [4.78, 5) is 10.6. The zero-order valence-electron chi connectivity index (χ0n) is 9.95. The van der Waals surface area contributed by atoms with E-state index in [1.54, 1.807) is 11.3 Å². The summed E-state index contributed by atoms with van der Waals surface area (Å²) in [6.45, 7) is 0.744. The Morgan fingerprint density at radius 2 is 2.11 bits per heavy atom. The third-order valence-electron chi connectivity index (χ3n) is 2.72. The van der Waals surface area contributed by atoms with E-state index in [4.69, 9.17) is 9.32 Å². The number of halogens is 1. The molecule has 0 spiro atoms. The van der Waals surface area contributed by atoms with Crippen LogP contribution in [0.1, 0.15) is 5.56 Å². The molecule has 98 valence electrons. The Kier molecular flexibility index (Phi) is 4.03. The maximum atomic E-state index is 5.29. The molecule has 3 rings (SSSR count). The number of anilines is 1. The SMILES string of the molecule is Brc1cnc2c(c1)CCN2OOSc1ccccc1. The molecule has 4 nitrogen and oxygen atoms in total. The Labute approximate surface area is 124 Å². The van der Waals surface area contributed by atoms with Crippen LogP contribution in [0.4, 0.5) is 5.82 Å². The topological polar surface area (TPSA) is 34.6 Å². The highest BCUT2D eigenvalue weighted by molar-refractivity contribution is 9.10. The van der Waals surface area contributed by atoms with Gasteiger partial charge in [0.2, 0.25) is 0 Å². The minimum Gasteiger partial charge on any atom is -0.236 e. The zero-order chi connectivity index (χ0) is 13.1. The van der Waals surface area contributed by atoms with Gasteiger partial charge in [-0.15, -0.1) is 4.33 Å². The van der Waals surface area contributed by atoms with E-state index in [2.05, 4.69) is 27.0 Å². The second kappa shape index (κ2) is 5.92. The lowest BCUT2D eigenvalue weighted by Crippen LogP contribution is -2.20. The molecule has 1 aromatic heterocycles. The van der Waals surface area contributed by atoms with Crippen LogP contribution in [-0.2, 0) is 15.7 Å². The second-order valence-corrected chi connectivity index (χ2v) is 5.72. The van der Waals surface area contributed by atoms with Gasteiger partial charge in [0.15, 0.2) is 5.82 Å². The minimum atomic E-state index is 0.744. The van der Waals surface area contributed by atoms with Crippen molar-refractivity contribution in [3.63, 3.8) is 0 Å². The smallest absolute Gasteiger partial charge is 0.158 e. The van der Waals surface area contributed by atoms with Gasteiger partial charge in [0.05, 0.1) is 18.6 Å². The highest BCUT2D eigenvalue weighted by Gasteiger charge is 2.22. The fourth-order valence-electron chi connectivity index (χ4n) is 1.85. The average Bonchev–Trinajstić information content (AvgIpc) is 2.82. The Hall–Kier alpha value is -1.08. The van der Waals surface area contributed by atoms with Crippen LogP contribution in [0.2, 0.25) is 0 Å². The monoisotopic (exact) mass is 338 g/mol. The molecule has 0 atom stereocenters. The summed E-state index contributed by atoms with van der Waals surface area (Å²) in [6.07, 6.45) is 2.66. The lowest BCUT2D eigenvalue weighted by molar-refractivity contribution is -0.202. The minimum absolute atomic E-state index is 0.744. The van der Waals surface area contributed by atoms with Gasteiger partial charge < -0.3 is 0 Å². The summed E-state index contributed by atoms with van der Waals surface area (Å²) in [5.41, 5.74) is 1.16. The van der Waals surface area contributed by atoms with E-state index in [9.17, 15) is 0 Å². The van der Waals surface area contributed by atoms with E-state index in [1.165, 1.54) is 12.0 Å². The van der Waals surface area contributed by atoms with Crippen molar-refractivity contribution in [1.82, 2.24) is 4.98 Å². The summed E-state index contributed by atoms with van der Waals surface area (Å²) in [6, 6.07) is 11.8. The molecule has 0 N–H and O–H groups in total. The first-order chi connectivity index (χ1) is 9.33. The molecule has 19 heavy (non-hydrogen) atoms. The Morgan fingerprint density at radius 3 is 2.95 bits per heavy atom. The molecular weight excluding hydrogens is 328 g/mol. The molecule has 1 aliphatic heterocycles. The van der Waals surface area contributed by atoms with Gasteiger partial charge in [0, 0.05) is 15.6 Å². The van der Waals surface area contributed by atoms with E-state index < -0.39 is 0 Å². The quantitative estimate of drug-likeness (QED) is 0.481. The maximum absolute atomic E-state index is 5.29. The lowest BCUT2D eigenvalue weighted by Gasteiger charge is -2.14. The Bertz CT molecular complexity index is 568. The lowest BCUT2D eigenvalue weighted by atomic mass is 10.2. The van der Waals surface area contributed by atoms with Crippen molar-refractivity contribution in [1.29, 1.82) is 0 Å². The number of rotatable bonds is 4. The summed E-state index contributed by atoms with van der Waals surface area (Å²) in [5, 5.41) is 1.66. The van der Waals surface area contributed by atoms with Gasteiger partial charge in [-0.2, -0.15) is 0 Å². The van der Waals surface area contributed by atoms with E-state index in [-0.39, 0.29) is 0 Å². The van der Waals surface area contributed by atoms with Crippen LogP contribution in [0.25, 0.3) is 0 Å². The molecule has 6 heteroatoms. The van der Waals surface area contributed by atoms with Crippen molar-refractivity contribution in [3.05, 3.63) is 52.6 Å². The Morgan fingerprint density at radius 1 is 1.26 bits per heavy atom. The molecule has 0 radical (unpaired) electrons. The van der Waals surface area contributed by atoms with Crippen LogP contribution in [0.3, 0.4) is 0 Å². The molecule has 0 amide bonds. The van der Waals surface area contributed by atoms with E-state index in [0.717, 1.165) is 33.7 Å². The van der Waals surface area contributed by atoms with Gasteiger partial charge >= 0.3 is 0 Å². The summed E-state index contributed by atoms with van der Waals surface area (Å²) in [7, 11) is 0. The van der Waals surface area contributed by atoms with Crippen LogP contribution in [-0.4, -0.2) is 11.5 Å². The normalized spacial score (nSPS) is 13.6. The molecule has 0 saturated carbocycles. The van der Waals surface area contributed by atoms with Crippen LogP contribution < -0.4 is 5.06 Å². The molecule has 0 fully saturated rings. The number of fused-ring (bicyclic) bond motifs is 1. The van der Waals surface area contributed by atoms with Crippen LogP contribution in [0.15, 0.2) is 52.0 Å². The fourth-order valence-corrected chi connectivity index (χ4v) is 2.68. The number of aromatic nitrogens is 1. The number of hydrogen-bond acceptors (Lipinski definition) is 5. The third kappa shape index (κ3) is 3.09. The molecule has 0 saturated heterocycles. The Balaban J connectivity index is 1.58. The first-order valence-electron chi connectivity index (χ1n) is 5.81. The summed E-state index contributed by atoms with van der Waals surface area (Å²) in [5.74, 6) is 0.817. The number of pyridine rings is 1. The van der Waals surface area contributed by atoms with Crippen LogP contribution >= 0.6 is 28.0 Å². The van der Waals surface area contributed by atoms with Gasteiger partial charge in [-0.3, -0.25) is 0 Å². The van der Waals surface area contributed by atoms with Gasteiger partial charge in [-0.25, -0.2) is 10.0 Å². The van der Waals surface area contributed by atoms with Gasteiger partial charge in [0.25, 0.3) is 0 Å². The number of hydrogen-bond donors (Lipinski definition) is 0. The highest BCUT2D eigenvalue weighted by atomic mass is 79.9. The summed E-state index contributed by atoms with van der Waals surface area (Å²) >= 11 is 4.60. The van der Waals surface area contributed by atoms with Gasteiger partial charge in [-0.1, -0.05) is 23.2 Å². The zero-order valence-corrected chi connectivity index (χ0v) is 12.4. The molecule has 0 bridgehead atoms. The van der Waals surface area contributed by atoms with E-state index >= 15 is 0 Å². The van der Waals surface area contributed by atoms with Crippen molar-refractivity contribution in [2.45, 2.75) is 11.3 Å². The molecule has 2 aromatic rings. The van der Waals surface area contributed by atoms with Crippen molar-refractivity contribution in [3.8, 4) is 0 Å². The first kappa shape index (κ1) is 12.9. The standard InChI is InChI=1S/C13H11BrN2O2S/c14-11-8-10-6-7-16(13(10)15-9-11)17-18-19-12-4-2-1-3-5-12/h1-5,8-9H,6-7H2. The molecule has 1 aliphatic rings. The van der Waals surface area contributed by atoms with Crippen molar-refractivity contribution >= 4 is 33.8 Å². The number of nitrogens with zero attached hydrogens (tertiary/aromatic N) is 2. The predicted octanol–water partition coefficient (Wildman–Crippen LogP) is 3.78. The number of benzene rings is 1. The highest BCUT2D eigenvalue weighted by Crippen LogP contribution is 2.29. The van der Waals surface area contributed by atoms with E-state index in [1.807, 2.05) is 30.3 Å². The maximum Gasteiger partial charge on any atom is 0.158 e. The molecule has 2 heterocycles. The average molecular weight is 339 g/mol. The van der Waals surface area contributed by atoms with Gasteiger partial charge in [-0.05, 0) is 46.1 Å². The van der Waals surface area contributed by atoms with Crippen molar-refractivity contribution in [2.75, 3.05) is 11.6 Å². The van der Waals surface area contributed by atoms with Gasteiger partial charge in [0.1, 0.15) is 0 Å². The van der Waals surface area contributed by atoms with E-state index in [0.29, 0.717) is 0 Å². The largest absolute Gasteiger partial charge is 0.236 e. The van der Waals surface area contributed by atoms with Crippen molar-refractivity contribution < 1.29 is 9.32 Å². The number of hydroxylamine groups is 1. The molecule has 0 aliphatic carbocycles. The fraction of sp³-hybridized carbons (Fsp3) is 0.154. The molecule has 1 aromatic carbocycles. The molecule has 0 unspecified atom stereocenters. The van der Waals surface area contributed by atoms with Crippen LogP contribution in [0, 0.1) is 0 Å². The predicted molar refractivity (Wildman–Crippen MR) is 77.5 cm³/mol. The van der Waals surface area contributed by atoms with Crippen molar-refractivity contribution in [2.24, 2.45) is 0 Å².